The number of ether oxygens (including phenoxy) is 1. The molecule has 0 radical (unpaired) electrons. The van der Waals surface area contributed by atoms with Gasteiger partial charge in [0.15, 0.2) is 0 Å². The molecule has 3 nitrogen and oxygen atoms in total. The molecule has 0 aromatic heterocycles. The number of carbonyl (C=O) groups excluding carboxylic acids is 1. The number of hydrogen-bond acceptors (Lipinski definition) is 2. The first kappa shape index (κ1) is 14.9. The Bertz CT molecular complexity index is 662. The molecule has 0 heterocycles. The summed E-state index contributed by atoms with van der Waals surface area (Å²) < 4.78 is 5.69. The molecule has 2 rings (SSSR count). The monoisotopic (exact) mass is 281 g/mol. The largest absolute Gasteiger partial charge is 0.480 e. The van der Waals surface area contributed by atoms with Gasteiger partial charge in [0, 0.05) is 11.8 Å². The first-order valence-electron chi connectivity index (χ1n) is 7.14. The maximum Gasteiger partial charge on any atom is 0.220 e. The normalized spacial score (nSPS) is 9.76. The Labute approximate surface area is 125 Å². The summed E-state index contributed by atoms with van der Waals surface area (Å²) in [7, 11) is 0. The second kappa shape index (κ2) is 7.96. The predicted octanol–water partition coefficient (Wildman–Crippen LogP) is 3.14. The highest BCUT2D eigenvalue weighted by Crippen LogP contribution is 2.24. The number of fused-ring (bicyclic) bond motifs is 1. The maximum absolute atomic E-state index is 11.2. The summed E-state index contributed by atoms with van der Waals surface area (Å²) in [6.45, 7) is 2.67. The molecule has 0 saturated carbocycles. The van der Waals surface area contributed by atoms with Gasteiger partial charge in [-0.05, 0) is 17.9 Å². The second-order valence-electron chi connectivity index (χ2n) is 4.65. The topological polar surface area (TPSA) is 38.3 Å². The molecule has 0 saturated heterocycles. The van der Waals surface area contributed by atoms with Crippen LogP contribution in [-0.4, -0.2) is 19.1 Å². The summed E-state index contributed by atoms with van der Waals surface area (Å²) in [5.41, 5.74) is 0. The molecule has 0 bridgehead atoms. The molecular formula is C18H19NO2. The van der Waals surface area contributed by atoms with Crippen LogP contribution in [0.1, 0.15) is 19.8 Å². The molecule has 21 heavy (non-hydrogen) atoms. The van der Waals surface area contributed by atoms with E-state index in [1.54, 1.807) is 0 Å². The van der Waals surface area contributed by atoms with E-state index in [0.29, 0.717) is 19.6 Å². The lowest BCUT2D eigenvalue weighted by Gasteiger charge is -2.06. The van der Waals surface area contributed by atoms with E-state index in [1.807, 2.05) is 37.3 Å². The Balaban J connectivity index is 1.85. The number of hydrogen-bond donors (Lipinski definition) is 1. The fourth-order valence-electron chi connectivity index (χ4n) is 2.01. The Morgan fingerprint density at radius 1 is 1.14 bits per heavy atom. The van der Waals surface area contributed by atoms with Crippen molar-refractivity contribution < 1.29 is 9.53 Å². The van der Waals surface area contributed by atoms with Crippen molar-refractivity contribution in [2.75, 3.05) is 13.2 Å². The molecule has 0 aliphatic carbocycles. The van der Waals surface area contributed by atoms with Crippen molar-refractivity contribution in [1.29, 1.82) is 0 Å². The van der Waals surface area contributed by atoms with Gasteiger partial charge < -0.3 is 10.1 Å². The lowest BCUT2D eigenvalue weighted by atomic mass is 10.1. The minimum absolute atomic E-state index is 0.0433. The van der Waals surface area contributed by atoms with E-state index < -0.39 is 0 Å². The summed E-state index contributed by atoms with van der Waals surface area (Å²) >= 11 is 0. The van der Waals surface area contributed by atoms with E-state index in [4.69, 9.17) is 4.74 Å². The lowest BCUT2D eigenvalue weighted by molar-refractivity contribution is -0.120. The van der Waals surface area contributed by atoms with Gasteiger partial charge in [0.2, 0.25) is 5.91 Å². The molecule has 1 N–H and O–H groups in total. The van der Waals surface area contributed by atoms with Gasteiger partial charge in [0.25, 0.3) is 0 Å². The molecule has 3 heteroatoms. The average molecular weight is 281 g/mol. The summed E-state index contributed by atoms with van der Waals surface area (Å²) in [6.07, 6.45) is 1.40. The Kier molecular flexibility index (Phi) is 5.66. The van der Waals surface area contributed by atoms with Gasteiger partial charge in [-0.1, -0.05) is 55.2 Å². The highest BCUT2D eigenvalue weighted by Gasteiger charge is 1.99. The van der Waals surface area contributed by atoms with Crippen LogP contribution < -0.4 is 10.1 Å². The number of amides is 1. The standard InChI is InChI=1S/C18H19NO2/c1-2-8-18(20)19-13-5-6-14-21-17-12-7-10-15-9-3-4-11-16(15)17/h3-4,7,9-12H,2,8,13-14H2,1H3,(H,19,20). The Hall–Kier alpha value is -2.47. The Morgan fingerprint density at radius 3 is 2.81 bits per heavy atom. The highest BCUT2D eigenvalue weighted by molar-refractivity contribution is 5.88. The van der Waals surface area contributed by atoms with Gasteiger partial charge in [0.05, 0.1) is 6.54 Å². The van der Waals surface area contributed by atoms with Crippen LogP contribution in [0, 0.1) is 11.8 Å². The minimum Gasteiger partial charge on any atom is -0.480 e. The van der Waals surface area contributed by atoms with Crippen molar-refractivity contribution in [3.05, 3.63) is 42.5 Å². The van der Waals surface area contributed by atoms with Crippen LogP contribution in [-0.2, 0) is 4.79 Å². The lowest BCUT2D eigenvalue weighted by Crippen LogP contribution is -2.22. The fraction of sp³-hybridized carbons (Fsp3) is 0.278. The third kappa shape index (κ3) is 4.54. The van der Waals surface area contributed by atoms with E-state index in [0.717, 1.165) is 22.9 Å². The van der Waals surface area contributed by atoms with E-state index in [-0.39, 0.29) is 5.91 Å². The van der Waals surface area contributed by atoms with E-state index >= 15 is 0 Å². The second-order valence-corrected chi connectivity index (χ2v) is 4.65. The zero-order valence-electron chi connectivity index (χ0n) is 12.2. The summed E-state index contributed by atoms with van der Waals surface area (Å²) in [4.78, 5) is 11.2. The SMILES string of the molecule is CCCC(=O)NCC#CCOc1cccc2ccccc12. The summed E-state index contributed by atoms with van der Waals surface area (Å²) in [5, 5.41) is 4.97. The molecule has 2 aromatic rings. The van der Waals surface area contributed by atoms with Gasteiger partial charge in [0.1, 0.15) is 12.4 Å². The van der Waals surface area contributed by atoms with Gasteiger partial charge in [-0.25, -0.2) is 0 Å². The maximum atomic E-state index is 11.2. The molecule has 0 aliphatic rings. The smallest absolute Gasteiger partial charge is 0.220 e. The molecule has 2 aromatic carbocycles. The van der Waals surface area contributed by atoms with Crippen LogP contribution >= 0.6 is 0 Å². The van der Waals surface area contributed by atoms with Crippen LogP contribution in [0.25, 0.3) is 10.8 Å². The van der Waals surface area contributed by atoms with Crippen LogP contribution in [0.5, 0.6) is 5.75 Å². The molecule has 0 spiro atoms. The Morgan fingerprint density at radius 2 is 1.95 bits per heavy atom. The zero-order chi connectivity index (χ0) is 14.9. The van der Waals surface area contributed by atoms with Crippen molar-refractivity contribution in [3.8, 4) is 17.6 Å². The fourth-order valence-corrected chi connectivity index (χ4v) is 2.01. The molecule has 0 unspecified atom stereocenters. The van der Waals surface area contributed by atoms with Crippen molar-refractivity contribution in [1.82, 2.24) is 5.32 Å². The molecule has 0 aliphatic heterocycles. The first-order chi connectivity index (χ1) is 10.3. The van der Waals surface area contributed by atoms with Crippen LogP contribution in [0.15, 0.2) is 42.5 Å². The molecular weight excluding hydrogens is 262 g/mol. The quantitative estimate of drug-likeness (QED) is 0.855. The summed E-state index contributed by atoms with van der Waals surface area (Å²) in [5.74, 6) is 6.67. The van der Waals surface area contributed by atoms with Crippen LogP contribution in [0.3, 0.4) is 0 Å². The first-order valence-corrected chi connectivity index (χ1v) is 7.14. The molecule has 0 atom stereocenters. The van der Waals surface area contributed by atoms with E-state index in [1.165, 1.54) is 0 Å². The molecule has 1 amide bonds. The molecule has 108 valence electrons. The van der Waals surface area contributed by atoms with Gasteiger partial charge in [-0.2, -0.15) is 0 Å². The summed E-state index contributed by atoms with van der Waals surface area (Å²) in [6, 6.07) is 14.0. The third-order valence-electron chi connectivity index (χ3n) is 3.03. The molecule has 0 fully saturated rings. The number of benzene rings is 2. The van der Waals surface area contributed by atoms with Gasteiger partial charge >= 0.3 is 0 Å². The van der Waals surface area contributed by atoms with E-state index in [9.17, 15) is 4.79 Å². The van der Waals surface area contributed by atoms with Crippen molar-refractivity contribution in [2.45, 2.75) is 19.8 Å². The number of nitrogens with one attached hydrogen (secondary N) is 1. The van der Waals surface area contributed by atoms with Crippen LogP contribution in [0.2, 0.25) is 0 Å². The van der Waals surface area contributed by atoms with Crippen LogP contribution in [0.4, 0.5) is 0 Å². The average Bonchev–Trinajstić information content (AvgIpc) is 2.51. The zero-order valence-corrected chi connectivity index (χ0v) is 12.2. The van der Waals surface area contributed by atoms with Crippen molar-refractivity contribution in [2.24, 2.45) is 0 Å². The van der Waals surface area contributed by atoms with Gasteiger partial charge in [-0.3, -0.25) is 4.79 Å². The predicted molar refractivity (Wildman–Crippen MR) is 85.1 cm³/mol. The van der Waals surface area contributed by atoms with Crippen molar-refractivity contribution >= 4 is 16.7 Å². The van der Waals surface area contributed by atoms with Gasteiger partial charge in [-0.15, -0.1) is 0 Å². The minimum atomic E-state index is 0.0433. The number of carbonyl (C=O) groups is 1. The number of rotatable bonds is 5. The van der Waals surface area contributed by atoms with Crippen molar-refractivity contribution in [3.63, 3.8) is 0 Å². The van der Waals surface area contributed by atoms with E-state index in [2.05, 4.69) is 29.3 Å². The highest BCUT2D eigenvalue weighted by atomic mass is 16.5. The third-order valence-corrected chi connectivity index (χ3v) is 3.03.